The quantitative estimate of drug-likeness (QED) is 0.667. The lowest BCUT2D eigenvalue weighted by Gasteiger charge is -2.12. The summed E-state index contributed by atoms with van der Waals surface area (Å²) in [6.45, 7) is 4.00. The van der Waals surface area contributed by atoms with Gasteiger partial charge in [-0.15, -0.1) is 0 Å². The summed E-state index contributed by atoms with van der Waals surface area (Å²) in [5, 5.41) is 0. The molecule has 0 fully saturated rings. The van der Waals surface area contributed by atoms with Gasteiger partial charge in [-0.2, -0.15) is 0 Å². The first kappa shape index (κ1) is 11.4. The minimum absolute atomic E-state index is 0.0687. The van der Waals surface area contributed by atoms with Gasteiger partial charge in [0.05, 0.1) is 0 Å². The van der Waals surface area contributed by atoms with Crippen molar-refractivity contribution in [3.63, 3.8) is 0 Å². The van der Waals surface area contributed by atoms with E-state index in [4.69, 9.17) is 5.73 Å². The van der Waals surface area contributed by atoms with Crippen LogP contribution in [0.5, 0.6) is 0 Å². The molecule has 0 aliphatic heterocycles. The van der Waals surface area contributed by atoms with Crippen molar-refractivity contribution in [3.8, 4) is 0 Å². The van der Waals surface area contributed by atoms with Crippen LogP contribution < -0.4 is 5.73 Å². The van der Waals surface area contributed by atoms with Crippen LogP contribution in [0, 0.1) is 5.82 Å². The van der Waals surface area contributed by atoms with Gasteiger partial charge in [-0.1, -0.05) is 13.8 Å². The van der Waals surface area contributed by atoms with Gasteiger partial charge < -0.3 is 5.73 Å². The van der Waals surface area contributed by atoms with Crippen LogP contribution >= 0.6 is 0 Å². The normalized spacial score (nSPS) is 16.4. The van der Waals surface area contributed by atoms with Crippen LogP contribution in [-0.2, 0) is 25.7 Å². The number of nitrogen functional groups attached to an aromatic ring is 1. The topological polar surface area (TPSA) is 26.0 Å². The van der Waals surface area contributed by atoms with Crippen molar-refractivity contribution in [2.45, 2.75) is 52.4 Å². The second-order valence-electron chi connectivity index (χ2n) is 4.35. The van der Waals surface area contributed by atoms with E-state index in [0.717, 1.165) is 66.5 Å². The highest BCUT2D eigenvalue weighted by Crippen LogP contribution is 2.39. The average molecular weight is 221 g/mol. The van der Waals surface area contributed by atoms with E-state index in [1.165, 1.54) is 0 Å². The number of fused-ring (bicyclic) bond motifs is 2. The maximum absolute atomic E-state index is 14.0. The maximum atomic E-state index is 14.0. The van der Waals surface area contributed by atoms with Crippen molar-refractivity contribution in [1.82, 2.24) is 0 Å². The van der Waals surface area contributed by atoms with Gasteiger partial charge in [0.2, 0.25) is 0 Å². The summed E-state index contributed by atoms with van der Waals surface area (Å²) in [5.41, 5.74) is 11.1. The van der Waals surface area contributed by atoms with Gasteiger partial charge >= 0.3 is 0 Å². The molecule has 0 saturated heterocycles. The van der Waals surface area contributed by atoms with Gasteiger partial charge in [0.1, 0.15) is 5.82 Å². The first-order chi connectivity index (χ1) is 7.79. The third-order valence-electron chi connectivity index (χ3n) is 3.62. The predicted octanol–water partition coefficient (Wildman–Crippen LogP) is 3.41. The Morgan fingerprint density at radius 3 is 1.62 bits per heavy atom. The molecule has 2 heteroatoms. The van der Waals surface area contributed by atoms with Crippen molar-refractivity contribution >= 4 is 5.69 Å². The zero-order valence-corrected chi connectivity index (χ0v) is 10.2. The molecule has 0 unspecified atom stereocenters. The molecule has 0 atom stereocenters. The van der Waals surface area contributed by atoms with Gasteiger partial charge in [-0.3, -0.25) is 0 Å². The molecule has 2 N–H and O–H groups in total. The minimum Gasteiger partial charge on any atom is -0.398 e. The molecular formula is C14H20FN. The van der Waals surface area contributed by atoms with Crippen molar-refractivity contribution in [1.29, 1.82) is 0 Å². The SMILES string of the molecule is CC.Nc1c2c(c(F)c3c1CCC3)CCC2. The van der Waals surface area contributed by atoms with Crippen molar-refractivity contribution in [3.05, 3.63) is 28.1 Å². The smallest absolute Gasteiger partial charge is 0.130 e. The fourth-order valence-corrected chi connectivity index (χ4v) is 2.93. The zero-order valence-electron chi connectivity index (χ0n) is 10.2. The molecule has 88 valence electrons. The summed E-state index contributed by atoms with van der Waals surface area (Å²) >= 11 is 0. The van der Waals surface area contributed by atoms with Crippen LogP contribution in [-0.4, -0.2) is 0 Å². The molecule has 16 heavy (non-hydrogen) atoms. The van der Waals surface area contributed by atoms with E-state index in [2.05, 4.69) is 0 Å². The number of anilines is 1. The average Bonchev–Trinajstić information content (AvgIpc) is 2.97. The molecule has 2 aliphatic rings. The van der Waals surface area contributed by atoms with E-state index in [0.29, 0.717) is 0 Å². The monoisotopic (exact) mass is 221 g/mol. The van der Waals surface area contributed by atoms with E-state index < -0.39 is 0 Å². The number of rotatable bonds is 0. The van der Waals surface area contributed by atoms with E-state index in [1.54, 1.807) is 0 Å². The van der Waals surface area contributed by atoms with Crippen LogP contribution in [0.25, 0.3) is 0 Å². The summed E-state index contributed by atoms with van der Waals surface area (Å²) < 4.78 is 14.0. The molecule has 1 nitrogen and oxygen atoms in total. The van der Waals surface area contributed by atoms with Crippen LogP contribution in [0.2, 0.25) is 0 Å². The Labute approximate surface area is 96.9 Å². The molecule has 0 amide bonds. The fourth-order valence-electron chi connectivity index (χ4n) is 2.93. The molecule has 0 spiro atoms. The largest absolute Gasteiger partial charge is 0.398 e. The lowest BCUT2D eigenvalue weighted by molar-refractivity contribution is 0.598. The van der Waals surface area contributed by atoms with Gasteiger partial charge in [0.15, 0.2) is 0 Å². The Bertz CT molecular complexity index is 338. The van der Waals surface area contributed by atoms with Crippen molar-refractivity contribution in [2.24, 2.45) is 0 Å². The molecule has 0 heterocycles. The summed E-state index contributed by atoms with van der Waals surface area (Å²) in [7, 11) is 0. The third kappa shape index (κ3) is 1.51. The number of benzene rings is 1. The molecule has 2 aliphatic carbocycles. The lowest BCUT2D eigenvalue weighted by atomic mass is 9.98. The van der Waals surface area contributed by atoms with Crippen LogP contribution in [0.15, 0.2) is 0 Å². The number of hydrogen-bond donors (Lipinski definition) is 1. The standard InChI is InChI=1S/C12H14FN.C2H6/c13-11-7-3-1-5-9(7)12(14)10-6-2-4-8(10)11;1-2/h1-6,14H2;1-2H3. The Hall–Kier alpha value is -1.05. The number of nitrogens with two attached hydrogens (primary N) is 1. The second-order valence-corrected chi connectivity index (χ2v) is 4.35. The molecular weight excluding hydrogens is 201 g/mol. The van der Waals surface area contributed by atoms with E-state index in [9.17, 15) is 4.39 Å². The maximum Gasteiger partial charge on any atom is 0.130 e. The van der Waals surface area contributed by atoms with E-state index in [1.807, 2.05) is 13.8 Å². The van der Waals surface area contributed by atoms with Gasteiger partial charge in [-0.05, 0) is 60.8 Å². The lowest BCUT2D eigenvalue weighted by Crippen LogP contribution is -2.04. The van der Waals surface area contributed by atoms with Gasteiger partial charge in [-0.25, -0.2) is 4.39 Å². The van der Waals surface area contributed by atoms with Crippen LogP contribution in [0.4, 0.5) is 10.1 Å². The summed E-state index contributed by atoms with van der Waals surface area (Å²) in [4.78, 5) is 0. The Balaban J connectivity index is 0.000000457. The first-order valence-corrected chi connectivity index (χ1v) is 6.39. The fraction of sp³-hybridized carbons (Fsp3) is 0.571. The minimum atomic E-state index is 0.0687. The van der Waals surface area contributed by atoms with Crippen LogP contribution in [0.1, 0.15) is 48.9 Å². The van der Waals surface area contributed by atoms with Gasteiger partial charge in [0.25, 0.3) is 0 Å². The van der Waals surface area contributed by atoms with Gasteiger partial charge in [0, 0.05) is 5.69 Å². The number of hydrogen-bond acceptors (Lipinski definition) is 1. The molecule has 1 aromatic carbocycles. The molecule has 3 rings (SSSR count). The van der Waals surface area contributed by atoms with Crippen molar-refractivity contribution in [2.75, 3.05) is 5.73 Å². The van der Waals surface area contributed by atoms with E-state index >= 15 is 0 Å². The van der Waals surface area contributed by atoms with Crippen molar-refractivity contribution < 1.29 is 4.39 Å². The highest BCUT2D eigenvalue weighted by Gasteiger charge is 2.27. The predicted molar refractivity (Wildman–Crippen MR) is 66.2 cm³/mol. The number of halogens is 1. The highest BCUT2D eigenvalue weighted by molar-refractivity contribution is 5.63. The third-order valence-corrected chi connectivity index (χ3v) is 3.62. The van der Waals surface area contributed by atoms with E-state index in [-0.39, 0.29) is 5.82 Å². The summed E-state index contributed by atoms with van der Waals surface area (Å²) in [5.74, 6) is 0.0687. The Kier molecular flexibility index (Phi) is 3.17. The summed E-state index contributed by atoms with van der Waals surface area (Å²) in [6, 6.07) is 0. The second kappa shape index (κ2) is 4.44. The first-order valence-electron chi connectivity index (χ1n) is 6.39. The molecule has 0 radical (unpaired) electrons. The zero-order chi connectivity index (χ0) is 11.7. The van der Waals surface area contributed by atoms with Crippen LogP contribution in [0.3, 0.4) is 0 Å². The molecule has 0 saturated carbocycles. The molecule has 0 bridgehead atoms. The highest BCUT2D eigenvalue weighted by atomic mass is 19.1. The summed E-state index contributed by atoms with van der Waals surface area (Å²) in [6.07, 6.45) is 5.87. The molecule has 0 aromatic heterocycles. The Morgan fingerprint density at radius 1 is 0.812 bits per heavy atom. The Morgan fingerprint density at radius 2 is 1.19 bits per heavy atom. The molecule has 1 aromatic rings.